The van der Waals surface area contributed by atoms with E-state index in [-0.39, 0.29) is 0 Å². The Balaban J connectivity index is 2.35. The Hall–Kier alpha value is -2.69. The lowest BCUT2D eigenvalue weighted by Crippen LogP contribution is -1.91. The van der Waals surface area contributed by atoms with Crippen molar-refractivity contribution in [2.24, 2.45) is 0 Å². The van der Waals surface area contributed by atoms with Crippen LogP contribution >= 0.6 is 11.6 Å². The summed E-state index contributed by atoms with van der Waals surface area (Å²) >= 11 is 5.91. The summed E-state index contributed by atoms with van der Waals surface area (Å²) < 4.78 is 5.56. The van der Waals surface area contributed by atoms with Gasteiger partial charge in [0, 0.05) is 11.8 Å². The van der Waals surface area contributed by atoms with Crippen molar-refractivity contribution in [3.05, 3.63) is 52.5 Å². The highest BCUT2D eigenvalue weighted by atomic mass is 35.5. The fourth-order valence-corrected chi connectivity index (χ4v) is 1.71. The van der Waals surface area contributed by atoms with Crippen LogP contribution < -0.4 is 10.5 Å². The smallest absolute Gasteiger partial charge is 0.145 e. The zero-order valence-electron chi connectivity index (χ0n) is 9.72. The number of nitrogens with zero attached hydrogens (tertiary/aromatic N) is 2. The second kappa shape index (κ2) is 5.30. The maximum atomic E-state index is 9.00. The molecule has 2 aromatic rings. The minimum Gasteiger partial charge on any atom is -0.456 e. The highest BCUT2D eigenvalue weighted by Crippen LogP contribution is 2.29. The molecule has 0 aliphatic heterocycles. The molecule has 4 nitrogen and oxygen atoms in total. The molecule has 19 heavy (non-hydrogen) atoms. The van der Waals surface area contributed by atoms with Gasteiger partial charge in [0.1, 0.15) is 23.6 Å². The minimum atomic E-state index is 0.300. The molecule has 0 bridgehead atoms. The standard InChI is InChI=1S/C14H8ClN3O/c15-13-6-12(3-1-9(13)7-16)19-14-4-2-11(18)5-10(14)8-17/h1-6H,18H2. The van der Waals surface area contributed by atoms with E-state index < -0.39 is 0 Å². The number of ether oxygens (including phenoxy) is 1. The highest BCUT2D eigenvalue weighted by Gasteiger charge is 2.07. The predicted octanol–water partition coefficient (Wildman–Crippen LogP) is 3.46. The van der Waals surface area contributed by atoms with Gasteiger partial charge in [-0.25, -0.2) is 0 Å². The van der Waals surface area contributed by atoms with Crippen LogP contribution in [-0.4, -0.2) is 0 Å². The van der Waals surface area contributed by atoms with Gasteiger partial charge in [0.2, 0.25) is 0 Å². The Morgan fingerprint density at radius 3 is 2.37 bits per heavy atom. The predicted molar refractivity (Wildman–Crippen MR) is 71.8 cm³/mol. The quantitative estimate of drug-likeness (QED) is 0.846. The van der Waals surface area contributed by atoms with Crippen LogP contribution in [0.1, 0.15) is 11.1 Å². The molecule has 2 aromatic carbocycles. The molecule has 0 saturated carbocycles. The first-order valence-corrected chi connectivity index (χ1v) is 5.69. The molecular weight excluding hydrogens is 262 g/mol. The van der Waals surface area contributed by atoms with E-state index in [2.05, 4.69) is 0 Å². The number of nitrogen functional groups attached to an aromatic ring is 1. The Kier molecular flexibility index (Phi) is 3.56. The van der Waals surface area contributed by atoms with Crippen LogP contribution in [0.4, 0.5) is 5.69 Å². The molecule has 0 fully saturated rings. The molecule has 2 rings (SSSR count). The van der Waals surface area contributed by atoms with Gasteiger partial charge in [0.25, 0.3) is 0 Å². The SMILES string of the molecule is N#Cc1ccc(Oc2ccc(N)cc2C#N)cc1Cl. The van der Waals surface area contributed by atoms with Gasteiger partial charge in [0.05, 0.1) is 16.1 Å². The van der Waals surface area contributed by atoms with E-state index in [0.29, 0.717) is 33.3 Å². The van der Waals surface area contributed by atoms with Crippen LogP contribution in [0, 0.1) is 22.7 Å². The lowest BCUT2D eigenvalue weighted by molar-refractivity contribution is 0.481. The number of hydrogen-bond acceptors (Lipinski definition) is 4. The van der Waals surface area contributed by atoms with Crippen LogP contribution in [-0.2, 0) is 0 Å². The Bertz CT molecular complexity index is 714. The fraction of sp³-hybridized carbons (Fsp3) is 0. The second-order valence-electron chi connectivity index (χ2n) is 3.72. The average Bonchev–Trinajstić information content (AvgIpc) is 2.41. The Labute approximate surface area is 115 Å². The van der Waals surface area contributed by atoms with Gasteiger partial charge in [-0.3, -0.25) is 0 Å². The van der Waals surface area contributed by atoms with Crippen molar-refractivity contribution in [2.75, 3.05) is 5.73 Å². The third-order valence-electron chi connectivity index (χ3n) is 2.41. The van der Waals surface area contributed by atoms with Crippen molar-refractivity contribution in [3.8, 4) is 23.6 Å². The van der Waals surface area contributed by atoms with Crippen LogP contribution in [0.3, 0.4) is 0 Å². The first-order valence-electron chi connectivity index (χ1n) is 5.31. The maximum Gasteiger partial charge on any atom is 0.145 e. The van der Waals surface area contributed by atoms with E-state index in [1.807, 2.05) is 12.1 Å². The molecule has 2 N–H and O–H groups in total. The summed E-state index contributed by atoms with van der Waals surface area (Å²) in [6.07, 6.45) is 0. The third-order valence-corrected chi connectivity index (χ3v) is 2.73. The van der Waals surface area contributed by atoms with Gasteiger partial charge in [-0.1, -0.05) is 11.6 Å². The summed E-state index contributed by atoms with van der Waals surface area (Å²) in [5.74, 6) is 0.836. The number of nitriles is 2. The Morgan fingerprint density at radius 1 is 1.00 bits per heavy atom. The molecule has 5 heteroatoms. The van der Waals surface area contributed by atoms with Gasteiger partial charge in [-0.2, -0.15) is 10.5 Å². The minimum absolute atomic E-state index is 0.300. The van der Waals surface area contributed by atoms with Crippen molar-refractivity contribution in [1.82, 2.24) is 0 Å². The number of benzene rings is 2. The van der Waals surface area contributed by atoms with E-state index in [9.17, 15) is 0 Å². The molecule has 92 valence electrons. The summed E-state index contributed by atoms with van der Waals surface area (Å²) in [6, 6.07) is 13.4. The number of hydrogen-bond donors (Lipinski definition) is 1. The lowest BCUT2D eigenvalue weighted by atomic mass is 10.2. The van der Waals surface area contributed by atoms with Crippen molar-refractivity contribution < 1.29 is 4.74 Å². The van der Waals surface area contributed by atoms with E-state index in [0.717, 1.165) is 0 Å². The third kappa shape index (κ3) is 2.77. The summed E-state index contributed by atoms with van der Waals surface area (Å²) in [5, 5.41) is 18.1. The summed E-state index contributed by atoms with van der Waals surface area (Å²) in [7, 11) is 0. The highest BCUT2D eigenvalue weighted by molar-refractivity contribution is 6.31. The van der Waals surface area contributed by atoms with Crippen LogP contribution in [0.2, 0.25) is 5.02 Å². The van der Waals surface area contributed by atoms with Gasteiger partial charge in [0.15, 0.2) is 0 Å². The van der Waals surface area contributed by atoms with Crippen LogP contribution in [0.15, 0.2) is 36.4 Å². The average molecular weight is 270 g/mol. The Morgan fingerprint density at radius 2 is 1.74 bits per heavy atom. The molecule has 0 aromatic heterocycles. The summed E-state index contributed by atoms with van der Waals surface area (Å²) in [4.78, 5) is 0. The van der Waals surface area contributed by atoms with Crippen molar-refractivity contribution >= 4 is 17.3 Å². The zero-order chi connectivity index (χ0) is 13.8. The molecule has 0 aliphatic rings. The molecule has 0 heterocycles. The number of halogens is 1. The normalized spacial score (nSPS) is 9.42. The summed E-state index contributed by atoms with van der Waals surface area (Å²) in [5.41, 5.74) is 6.78. The van der Waals surface area contributed by atoms with E-state index in [4.69, 9.17) is 32.6 Å². The van der Waals surface area contributed by atoms with E-state index >= 15 is 0 Å². The van der Waals surface area contributed by atoms with Gasteiger partial charge < -0.3 is 10.5 Å². The molecule has 0 aliphatic carbocycles. The van der Waals surface area contributed by atoms with Gasteiger partial charge in [-0.15, -0.1) is 0 Å². The zero-order valence-corrected chi connectivity index (χ0v) is 10.5. The molecule has 0 unspecified atom stereocenters. The van der Waals surface area contributed by atoms with E-state index in [1.165, 1.54) is 12.1 Å². The first-order chi connectivity index (χ1) is 9.13. The molecule has 0 atom stereocenters. The number of rotatable bonds is 2. The lowest BCUT2D eigenvalue weighted by Gasteiger charge is -2.08. The van der Waals surface area contributed by atoms with Gasteiger partial charge >= 0.3 is 0 Å². The van der Waals surface area contributed by atoms with Gasteiger partial charge in [-0.05, 0) is 30.3 Å². The maximum absolute atomic E-state index is 9.00. The number of nitrogens with two attached hydrogens (primary N) is 1. The molecule has 0 amide bonds. The summed E-state index contributed by atoms with van der Waals surface area (Å²) in [6.45, 7) is 0. The molecule has 0 radical (unpaired) electrons. The van der Waals surface area contributed by atoms with Crippen LogP contribution in [0.5, 0.6) is 11.5 Å². The largest absolute Gasteiger partial charge is 0.456 e. The van der Waals surface area contributed by atoms with E-state index in [1.54, 1.807) is 24.3 Å². The molecule has 0 saturated heterocycles. The van der Waals surface area contributed by atoms with Crippen LogP contribution in [0.25, 0.3) is 0 Å². The fourth-order valence-electron chi connectivity index (χ4n) is 1.50. The monoisotopic (exact) mass is 269 g/mol. The topological polar surface area (TPSA) is 82.8 Å². The second-order valence-corrected chi connectivity index (χ2v) is 4.13. The van der Waals surface area contributed by atoms with Crippen molar-refractivity contribution in [3.63, 3.8) is 0 Å². The first kappa shape index (κ1) is 12.8. The molecule has 0 spiro atoms. The van der Waals surface area contributed by atoms with Crippen molar-refractivity contribution in [2.45, 2.75) is 0 Å². The number of anilines is 1. The van der Waals surface area contributed by atoms with Crippen molar-refractivity contribution in [1.29, 1.82) is 10.5 Å². The molecular formula is C14H8ClN3O.